The number of amides is 3. The minimum Gasteiger partial charge on any atom is -0.497 e. The Morgan fingerprint density at radius 1 is 0.929 bits per heavy atom. The van der Waals surface area contributed by atoms with Gasteiger partial charge in [0.05, 0.1) is 31.6 Å². The monoisotopic (exact) mass is 569 g/mol. The van der Waals surface area contributed by atoms with E-state index in [4.69, 9.17) is 9.47 Å². The summed E-state index contributed by atoms with van der Waals surface area (Å²) in [5.41, 5.74) is 3.84. The maximum atomic E-state index is 12.9. The molecule has 42 heavy (non-hydrogen) atoms. The zero-order chi connectivity index (χ0) is 29.2. The summed E-state index contributed by atoms with van der Waals surface area (Å²) >= 11 is 0. The summed E-state index contributed by atoms with van der Waals surface area (Å²) < 4.78 is 10.7. The standard InChI is InChI=1S/C30H31N7O5/c1-41-22-15-23-27(25(16-22)42-2)29(39)34-28(32-23)19-3-5-21(6-4-19)36-13-11-35(12-14-36)18-20-7-9-31-17-24(20)37-10-8-26(38)33-30(37)40/h3-7,9,15-17H,8,10-14,18H2,1-2H3,(H,32,34,39)(H,33,38,40). The van der Waals surface area contributed by atoms with Gasteiger partial charge in [0.25, 0.3) is 5.56 Å². The molecule has 0 saturated carbocycles. The molecule has 12 nitrogen and oxygen atoms in total. The molecule has 0 bridgehead atoms. The lowest BCUT2D eigenvalue weighted by Gasteiger charge is -2.37. The number of fused-ring (bicyclic) bond motifs is 1. The molecule has 0 radical (unpaired) electrons. The van der Waals surface area contributed by atoms with Crippen molar-refractivity contribution in [3.05, 3.63) is 70.8 Å². The van der Waals surface area contributed by atoms with Crippen molar-refractivity contribution in [1.82, 2.24) is 25.2 Å². The fraction of sp³-hybridized carbons (Fsp3) is 0.300. The number of urea groups is 1. The quantitative estimate of drug-likeness (QED) is 0.345. The fourth-order valence-electron chi connectivity index (χ4n) is 5.45. The molecule has 0 aliphatic carbocycles. The summed E-state index contributed by atoms with van der Waals surface area (Å²) in [6, 6.07) is 12.9. The van der Waals surface area contributed by atoms with Crippen molar-refractivity contribution in [2.75, 3.05) is 56.7 Å². The summed E-state index contributed by atoms with van der Waals surface area (Å²) in [6.07, 6.45) is 3.69. The molecule has 3 amide bonds. The molecular weight excluding hydrogens is 538 g/mol. The van der Waals surface area contributed by atoms with Crippen molar-refractivity contribution in [3.63, 3.8) is 0 Å². The maximum Gasteiger partial charge on any atom is 0.328 e. The number of anilines is 2. The van der Waals surface area contributed by atoms with Crippen LogP contribution in [-0.2, 0) is 11.3 Å². The van der Waals surface area contributed by atoms with Gasteiger partial charge in [0.2, 0.25) is 5.91 Å². The molecule has 2 N–H and O–H groups in total. The lowest BCUT2D eigenvalue weighted by Crippen LogP contribution is -2.50. The molecule has 4 aromatic rings. The maximum absolute atomic E-state index is 12.9. The molecule has 2 aromatic carbocycles. The molecular formula is C30H31N7O5. The van der Waals surface area contributed by atoms with Crippen LogP contribution in [0.1, 0.15) is 12.0 Å². The molecule has 2 aliphatic heterocycles. The Kier molecular flexibility index (Phi) is 7.44. The van der Waals surface area contributed by atoms with Crippen molar-refractivity contribution in [2.24, 2.45) is 0 Å². The Bertz CT molecular complexity index is 1700. The van der Waals surface area contributed by atoms with E-state index >= 15 is 0 Å². The summed E-state index contributed by atoms with van der Waals surface area (Å²) in [5, 5.41) is 2.76. The van der Waals surface area contributed by atoms with E-state index in [1.54, 1.807) is 36.5 Å². The molecule has 2 aliphatic rings. The average molecular weight is 570 g/mol. The van der Waals surface area contributed by atoms with E-state index in [1.165, 1.54) is 7.11 Å². The summed E-state index contributed by atoms with van der Waals surface area (Å²) in [6.45, 7) is 4.39. The van der Waals surface area contributed by atoms with Crippen LogP contribution in [0.3, 0.4) is 0 Å². The van der Waals surface area contributed by atoms with Crippen LogP contribution in [0.4, 0.5) is 16.2 Å². The Morgan fingerprint density at radius 3 is 2.43 bits per heavy atom. The number of nitrogens with one attached hydrogen (secondary N) is 2. The van der Waals surface area contributed by atoms with E-state index in [0.29, 0.717) is 41.3 Å². The number of hydrogen-bond donors (Lipinski definition) is 2. The smallest absolute Gasteiger partial charge is 0.328 e. The number of H-pyrrole nitrogens is 1. The van der Waals surface area contributed by atoms with E-state index < -0.39 is 6.03 Å². The molecule has 12 heteroatoms. The number of carbonyl (C=O) groups excluding carboxylic acids is 2. The first-order valence-electron chi connectivity index (χ1n) is 13.7. The number of benzene rings is 2. The summed E-state index contributed by atoms with van der Waals surface area (Å²) in [4.78, 5) is 54.9. The number of pyridine rings is 1. The van der Waals surface area contributed by atoms with Gasteiger partial charge in [0, 0.05) is 75.3 Å². The number of methoxy groups -OCH3 is 2. The van der Waals surface area contributed by atoms with E-state index in [9.17, 15) is 14.4 Å². The largest absolute Gasteiger partial charge is 0.497 e. The van der Waals surface area contributed by atoms with Crippen LogP contribution in [0, 0.1) is 0 Å². The molecule has 6 rings (SSSR count). The van der Waals surface area contributed by atoms with Gasteiger partial charge in [-0.15, -0.1) is 0 Å². The summed E-state index contributed by atoms with van der Waals surface area (Å²) in [7, 11) is 3.07. The summed E-state index contributed by atoms with van der Waals surface area (Å²) in [5.74, 6) is 1.19. The molecule has 216 valence electrons. The number of imide groups is 1. The van der Waals surface area contributed by atoms with Gasteiger partial charge in [0.1, 0.15) is 22.7 Å². The first-order valence-corrected chi connectivity index (χ1v) is 13.7. The Balaban J connectivity index is 1.13. The molecule has 2 aromatic heterocycles. The number of aromatic amines is 1. The second-order valence-corrected chi connectivity index (χ2v) is 10.2. The van der Waals surface area contributed by atoms with Gasteiger partial charge in [-0.25, -0.2) is 9.78 Å². The van der Waals surface area contributed by atoms with Gasteiger partial charge in [-0.2, -0.15) is 0 Å². The van der Waals surface area contributed by atoms with E-state index in [-0.39, 0.29) is 17.9 Å². The van der Waals surface area contributed by atoms with Crippen LogP contribution < -0.4 is 30.1 Å². The number of nitrogens with zero attached hydrogens (tertiary/aromatic N) is 5. The highest BCUT2D eigenvalue weighted by Crippen LogP contribution is 2.30. The minimum absolute atomic E-state index is 0.256. The Morgan fingerprint density at radius 2 is 1.71 bits per heavy atom. The van der Waals surface area contributed by atoms with Gasteiger partial charge in [-0.1, -0.05) is 0 Å². The van der Waals surface area contributed by atoms with E-state index in [0.717, 1.165) is 48.7 Å². The topological polar surface area (TPSA) is 133 Å². The highest BCUT2D eigenvalue weighted by atomic mass is 16.5. The highest BCUT2D eigenvalue weighted by Gasteiger charge is 2.27. The SMILES string of the molecule is COc1cc(OC)c2c(=O)[nH]c(-c3ccc(N4CCN(Cc5ccncc5N5CCC(=O)NC5=O)CC4)cc3)nc2c1. The highest BCUT2D eigenvalue weighted by molar-refractivity contribution is 6.05. The Hall–Kier alpha value is -4.97. The third kappa shape index (κ3) is 5.36. The Labute approximate surface area is 241 Å². The van der Waals surface area contributed by atoms with Crippen LogP contribution in [0.15, 0.2) is 59.7 Å². The van der Waals surface area contributed by atoms with Crippen molar-refractivity contribution < 1.29 is 19.1 Å². The number of hydrogen-bond acceptors (Lipinski definition) is 9. The molecule has 0 atom stereocenters. The zero-order valence-corrected chi connectivity index (χ0v) is 23.4. The van der Waals surface area contributed by atoms with Crippen LogP contribution in [0.5, 0.6) is 11.5 Å². The third-order valence-corrected chi connectivity index (χ3v) is 7.71. The van der Waals surface area contributed by atoms with Crippen LogP contribution in [0.25, 0.3) is 22.3 Å². The van der Waals surface area contributed by atoms with Crippen molar-refractivity contribution in [3.8, 4) is 22.9 Å². The third-order valence-electron chi connectivity index (χ3n) is 7.71. The van der Waals surface area contributed by atoms with Crippen LogP contribution in [-0.4, -0.2) is 78.7 Å². The van der Waals surface area contributed by atoms with Crippen molar-refractivity contribution in [2.45, 2.75) is 13.0 Å². The second kappa shape index (κ2) is 11.5. The fourth-order valence-corrected chi connectivity index (χ4v) is 5.45. The van der Waals surface area contributed by atoms with Crippen LogP contribution >= 0.6 is 0 Å². The van der Waals surface area contributed by atoms with Crippen molar-refractivity contribution in [1.29, 1.82) is 0 Å². The lowest BCUT2D eigenvalue weighted by molar-refractivity contribution is -0.120. The first-order chi connectivity index (χ1) is 20.4. The van der Waals surface area contributed by atoms with Gasteiger partial charge in [-0.05, 0) is 35.9 Å². The van der Waals surface area contributed by atoms with Crippen LogP contribution in [0.2, 0.25) is 0 Å². The van der Waals surface area contributed by atoms with Crippen molar-refractivity contribution >= 4 is 34.2 Å². The molecule has 0 unspecified atom stereocenters. The molecule has 0 spiro atoms. The van der Waals surface area contributed by atoms with Gasteiger partial charge >= 0.3 is 6.03 Å². The zero-order valence-electron chi connectivity index (χ0n) is 23.4. The van der Waals surface area contributed by atoms with E-state index in [2.05, 4.69) is 30.1 Å². The molecule has 2 fully saturated rings. The first kappa shape index (κ1) is 27.2. The lowest BCUT2D eigenvalue weighted by atomic mass is 10.1. The number of ether oxygens (including phenoxy) is 2. The number of piperazine rings is 1. The minimum atomic E-state index is -0.406. The second-order valence-electron chi connectivity index (χ2n) is 10.2. The molecule has 4 heterocycles. The van der Waals surface area contributed by atoms with E-state index in [1.807, 2.05) is 30.3 Å². The average Bonchev–Trinajstić information content (AvgIpc) is 3.01. The number of carbonyl (C=O) groups is 2. The normalized spacial score (nSPS) is 16.0. The predicted molar refractivity (Wildman–Crippen MR) is 158 cm³/mol. The number of aromatic nitrogens is 3. The van der Waals surface area contributed by atoms with Gasteiger partial charge in [-0.3, -0.25) is 29.7 Å². The predicted octanol–water partition coefficient (Wildman–Crippen LogP) is 2.77. The van der Waals surface area contributed by atoms with Gasteiger partial charge < -0.3 is 19.4 Å². The molecule has 2 saturated heterocycles. The van der Waals surface area contributed by atoms with Gasteiger partial charge in [0.15, 0.2) is 0 Å². The number of rotatable bonds is 7.